The molecule has 0 saturated heterocycles. The van der Waals surface area contributed by atoms with Gasteiger partial charge in [0.2, 0.25) is 10.0 Å². The van der Waals surface area contributed by atoms with E-state index in [1.54, 1.807) is 0 Å². The summed E-state index contributed by atoms with van der Waals surface area (Å²) in [5.41, 5.74) is 5.61. The summed E-state index contributed by atoms with van der Waals surface area (Å²) in [6.07, 6.45) is 2.81. The predicted molar refractivity (Wildman–Crippen MR) is 57.4 cm³/mol. The second-order valence-electron chi connectivity index (χ2n) is 4.44. The Balaban J connectivity index is 2.48. The Kier molecular flexibility index (Phi) is 3.55. The molecule has 0 amide bonds. The van der Waals surface area contributed by atoms with E-state index < -0.39 is 15.3 Å². The van der Waals surface area contributed by atoms with Crippen LogP contribution in [-0.4, -0.2) is 26.8 Å². The first-order valence-electron chi connectivity index (χ1n) is 5.12. The van der Waals surface area contributed by atoms with Gasteiger partial charge < -0.3 is 5.73 Å². The zero-order valence-electron chi connectivity index (χ0n) is 8.91. The maximum absolute atomic E-state index is 11.7. The molecule has 1 unspecified atom stereocenters. The molecule has 0 aliphatic heterocycles. The zero-order valence-corrected chi connectivity index (χ0v) is 9.73. The van der Waals surface area contributed by atoms with E-state index in [2.05, 4.69) is 11.6 Å². The van der Waals surface area contributed by atoms with Crippen molar-refractivity contribution in [2.75, 3.05) is 13.1 Å². The molecule has 1 aliphatic rings. The fourth-order valence-corrected chi connectivity index (χ4v) is 2.77. The van der Waals surface area contributed by atoms with E-state index in [1.165, 1.54) is 0 Å². The van der Waals surface area contributed by atoms with E-state index >= 15 is 0 Å². The summed E-state index contributed by atoms with van der Waals surface area (Å²) in [6, 6.07) is 0. The van der Waals surface area contributed by atoms with E-state index in [9.17, 15) is 8.42 Å². The summed E-state index contributed by atoms with van der Waals surface area (Å²) in [5.74, 6) is 0. The van der Waals surface area contributed by atoms with Crippen LogP contribution in [0.5, 0.6) is 0 Å². The maximum Gasteiger partial charge on any atom is 0.215 e. The molecule has 4 nitrogen and oxygen atoms in total. The molecule has 0 aromatic carbocycles. The lowest BCUT2D eigenvalue weighted by Gasteiger charge is -2.16. The van der Waals surface area contributed by atoms with Gasteiger partial charge in [0.25, 0.3) is 0 Å². The Hall–Kier alpha value is -0.130. The molecule has 1 saturated carbocycles. The topological polar surface area (TPSA) is 72.2 Å². The van der Waals surface area contributed by atoms with E-state index in [0.717, 1.165) is 12.8 Å². The molecule has 14 heavy (non-hydrogen) atoms. The second kappa shape index (κ2) is 4.16. The Morgan fingerprint density at radius 1 is 1.50 bits per heavy atom. The number of hydrogen-bond donors (Lipinski definition) is 2. The summed E-state index contributed by atoms with van der Waals surface area (Å²) in [7, 11) is -3.19. The van der Waals surface area contributed by atoms with E-state index in [4.69, 9.17) is 5.73 Å². The second-order valence-corrected chi connectivity index (χ2v) is 6.49. The van der Waals surface area contributed by atoms with Gasteiger partial charge in [0, 0.05) is 13.1 Å². The lowest BCUT2D eigenvalue weighted by Crippen LogP contribution is -2.40. The molecule has 3 N–H and O–H groups in total. The molecule has 1 atom stereocenters. The van der Waals surface area contributed by atoms with Crippen molar-refractivity contribution >= 4 is 10.0 Å². The number of hydrogen-bond acceptors (Lipinski definition) is 3. The highest BCUT2D eigenvalue weighted by molar-refractivity contribution is 7.90. The summed E-state index contributed by atoms with van der Waals surface area (Å²) < 4.78 is 26.0. The standard InChI is InChI=1S/C9H20N2O2S/c1-3-8(6-10)14(12,13)11-7-9(2)4-5-9/h8,11H,3-7,10H2,1-2H3. The normalized spacial score (nSPS) is 21.9. The molecule has 0 aromatic rings. The van der Waals surface area contributed by atoms with E-state index in [0.29, 0.717) is 13.0 Å². The van der Waals surface area contributed by atoms with Crippen LogP contribution in [0.3, 0.4) is 0 Å². The average molecular weight is 220 g/mol. The van der Waals surface area contributed by atoms with Crippen molar-refractivity contribution in [1.29, 1.82) is 0 Å². The first-order valence-corrected chi connectivity index (χ1v) is 6.67. The smallest absolute Gasteiger partial charge is 0.215 e. The predicted octanol–water partition coefficient (Wildman–Crippen LogP) is 0.443. The van der Waals surface area contributed by atoms with Crippen LogP contribution in [0.25, 0.3) is 0 Å². The van der Waals surface area contributed by atoms with Gasteiger partial charge in [-0.2, -0.15) is 0 Å². The van der Waals surface area contributed by atoms with Crippen LogP contribution >= 0.6 is 0 Å². The molecule has 5 heteroatoms. The van der Waals surface area contributed by atoms with Crippen molar-refractivity contribution in [1.82, 2.24) is 4.72 Å². The van der Waals surface area contributed by atoms with Crippen molar-refractivity contribution < 1.29 is 8.42 Å². The average Bonchev–Trinajstić information content (AvgIpc) is 2.84. The Morgan fingerprint density at radius 2 is 2.07 bits per heavy atom. The lowest BCUT2D eigenvalue weighted by molar-refractivity contribution is 0.520. The summed E-state index contributed by atoms with van der Waals surface area (Å²) in [5, 5.41) is -0.440. The third-order valence-corrected chi connectivity index (χ3v) is 4.91. The minimum absolute atomic E-state index is 0.197. The van der Waals surface area contributed by atoms with Crippen LogP contribution in [0, 0.1) is 5.41 Å². The van der Waals surface area contributed by atoms with Gasteiger partial charge in [0.15, 0.2) is 0 Å². The van der Waals surface area contributed by atoms with Gasteiger partial charge in [-0.25, -0.2) is 13.1 Å². The van der Waals surface area contributed by atoms with Crippen molar-refractivity contribution in [3.8, 4) is 0 Å². The van der Waals surface area contributed by atoms with Gasteiger partial charge >= 0.3 is 0 Å². The third-order valence-electron chi connectivity index (χ3n) is 2.96. The highest BCUT2D eigenvalue weighted by Gasteiger charge is 2.38. The minimum Gasteiger partial charge on any atom is -0.329 e. The van der Waals surface area contributed by atoms with Gasteiger partial charge in [-0.15, -0.1) is 0 Å². The molecule has 1 aliphatic carbocycles. The molecule has 1 rings (SSSR count). The molecule has 0 radical (unpaired) electrons. The van der Waals surface area contributed by atoms with E-state index in [1.807, 2.05) is 6.92 Å². The molecule has 0 bridgehead atoms. The van der Waals surface area contributed by atoms with Crippen LogP contribution in [0.1, 0.15) is 33.1 Å². The fraction of sp³-hybridized carbons (Fsp3) is 1.00. The molecule has 0 heterocycles. The first-order chi connectivity index (χ1) is 6.43. The number of sulfonamides is 1. The van der Waals surface area contributed by atoms with Crippen LogP contribution in [0.2, 0.25) is 0 Å². The molecule has 0 aromatic heterocycles. The van der Waals surface area contributed by atoms with E-state index in [-0.39, 0.29) is 12.0 Å². The van der Waals surface area contributed by atoms with Crippen LogP contribution in [0.15, 0.2) is 0 Å². The molecular weight excluding hydrogens is 200 g/mol. The first kappa shape index (κ1) is 11.9. The van der Waals surface area contributed by atoms with Gasteiger partial charge in [0.1, 0.15) is 0 Å². The lowest BCUT2D eigenvalue weighted by atomic mass is 10.2. The summed E-state index contributed by atoms with van der Waals surface area (Å²) in [6.45, 7) is 4.70. The minimum atomic E-state index is -3.19. The summed E-state index contributed by atoms with van der Waals surface area (Å²) in [4.78, 5) is 0. The van der Waals surface area contributed by atoms with Crippen LogP contribution < -0.4 is 10.5 Å². The van der Waals surface area contributed by atoms with Gasteiger partial charge in [-0.1, -0.05) is 13.8 Å². The largest absolute Gasteiger partial charge is 0.329 e. The summed E-state index contributed by atoms with van der Waals surface area (Å²) >= 11 is 0. The zero-order chi connectivity index (χ0) is 10.8. The van der Waals surface area contributed by atoms with Crippen molar-refractivity contribution in [2.45, 2.75) is 38.4 Å². The number of nitrogens with two attached hydrogens (primary N) is 1. The van der Waals surface area contributed by atoms with Crippen LogP contribution in [-0.2, 0) is 10.0 Å². The highest BCUT2D eigenvalue weighted by atomic mass is 32.2. The maximum atomic E-state index is 11.7. The third kappa shape index (κ3) is 2.93. The number of rotatable bonds is 6. The molecular formula is C9H20N2O2S. The monoisotopic (exact) mass is 220 g/mol. The van der Waals surface area contributed by atoms with Gasteiger partial charge in [-0.05, 0) is 24.7 Å². The molecule has 0 spiro atoms. The fourth-order valence-electron chi connectivity index (χ4n) is 1.30. The Bertz CT molecular complexity index is 279. The van der Waals surface area contributed by atoms with Crippen molar-refractivity contribution in [3.05, 3.63) is 0 Å². The van der Waals surface area contributed by atoms with Crippen LogP contribution in [0.4, 0.5) is 0 Å². The quantitative estimate of drug-likeness (QED) is 0.682. The van der Waals surface area contributed by atoms with Gasteiger partial charge in [-0.3, -0.25) is 0 Å². The van der Waals surface area contributed by atoms with Gasteiger partial charge in [0.05, 0.1) is 5.25 Å². The molecule has 1 fully saturated rings. The van der Waals surface area contributed by atoms with Crippen molar-refractivity contribution in [2.24, 2.45) is 11.1 Å². The SMILES string of the molecule is CCC(CN)S(=O)(=O)NCC1(C)CC1. The van der Waals surface area contributed by atoms with Crippen molar-refractivity contribution in [3.63, 3.8) is 0 Å². The Morgan fingerprint density at radius 3 is 2.43 bits per heavy atom. The highest BCUT2D eigenvalue weighted by Crippen LogP contribution is 2.44. The number of nitrogens with one attached hydrogen (secondary N) is 1. The Labute approximate surface area is 86.3 Å². The molecule has 84 valence electrons.